The van der Waals surface area contributed by atoms with Crippen molar-refractivity contribution < 1.29 is 27.5 Å². The third kappa shape index (κ3) is 3.69. The molecule has 7 nitrogen and oxygen atoms in total. The van der Waals surface area contributed by atoms with Crippen LogP contribution in [0.3, 0.4) is 0 Å². The number of carbonyl (C=O) groups excluding carboxylic acids is 2. The summed E-state index contributed by atoms with van der Waals surface area (Å²) in [6.07, 6.45) is -3.71. The maximum atomic E-state index is 13.1. The number of rotatable bonds is 3. The standard InChI is InChI=1S/C14H17F3N4O3/c1-18-12(22)9-4-3-7-21(9)13(23)19-8-5-6-10(24-2)20-11(8)14(15,16)17/h5-6,9H,3-4,7H2,1-2H3,(H,18,22)(H,19,23)/t9-/m1/s1. The van der Waals surface area contributed by atoms with Gasteiger partial charge in [0, 0.05) is 19.7 Å². The van der Waals surface area contributed by atoms with Crippen LogP contribution in [0.4, 0.5) is 23.7 Å². The maximum absolute atomic E-state index is 13.1. The first-order valence-corrected chi connectivity index (χ1v) is 7.19. The van der Waals surface area contributed by atoms with Gasteiger partial charge in [0.05, 0.1) is 12.8 Å². The molecule has 0 saturated carbocycles. The number of halogens is 3. The van der Waals surface area contributed by atoms with Crippen LogP contribution in [0.5, 0.6) is 5.88 Å². The number of alkyl halides is 3. The van der Waals surface area contributed by atoms with E-state index in [9.17, 15) is 22.8 Å². The number of carbonyl (C=O) groups is 2. The quantitative estimate of drug-likeness (QED) is 0.875. The summed E-state index contributed by atoms with van der Waals surface area (Å²) in [6, 6.07) is 0.803. The number of aromatic nitrogens is 1. The van der Waals surface area contributed by atoms with Crippen LogP contribution < -0.4 is 15.4 Å². The Hall–Kier alpha value is -2.52. The predicted molar refractivity (Wildman–Crippen MR) is 78.6 cm³/mol. The fourth-order valence-corrected chi connectivity index (χ4v) is 2.51. The van der Waals surface area contributed by atoms with Crippen molar-refractivity contribution in [3.8, 4) is 5.88 Å². The van der Waals surface area contributed by atoms with Gasteiger partial charge in [0.1, 0.15) is 6.04 Å². The van der Waals surface area contributed by atoms with E-state index in [1.165, 1.54) is 25.1 Å². The van der Waals surface area contributed by atoms with Crippen molar-refractivity contribution in [3.63, 3.8) is 0 Å². The first kappa shape index (κ1) is 17.8. The normalized spacial score (nSPS) is 17.5. The summed E-state index contributed by atoms with van der Waals surface area (Å²) in [5.41, 5.74) is -1.75. The molecule has 10 heteroatoms. The third-order valence-corrected chi connectivity index (χ3v) is 3.65. The van der Waals surface area contributed by atoms with E-state index in [1.54, 1.807) is 0 Å². The highest BCUT2D eigenvalue weighted by molar-refractivity contribution is 5.94. The molecule has 1 aromatic heterocycles. The molecule has 132 valence electrons. The van der Waals surface area contributed by atoms with Crippen LogP contribution in [0.25, 0.3) is 0 Å². The molecule has 1 atom stereocenters. The lowest BCUT2D eigenvalue weighted by molar-refractivity contribution is -0.140. The third-order valence-electron chi connectivity index (χ3n) is 3.65. The van der Waals surface area contributed by atoms with Crippen LogP contribution in [0.2, 0.25) is 0 Å². The van der Waals surface area contributed by atoms with E-state index in [0.29, 0.717) is 12.8 Å². The van der Waals surface area contributed by atoms with Crippen molar-refractivity contribution in [2.45, 2.75) is 25.1 Å². The Morgan fingerprint density at radius 2 is 2.08 bits per heavy atom. The summed E-state index contributed by atoms with van der Waals surface area (Å²) >= 11 is 0. The number of amides is 3. The molecule has 24 heavy (non-hydrogen) atoms. The second kappa shape index (κ2) is 6.93. The number of ether oxygens (including phenoxy) is 1. The van der Waals surface area contributed by atoms with Crippen molar-refractivity contribution in [3.05, 3.63) is 17.8 Å². The zero-order chi connectivity index (χ0) is 17.9. The minimum atomic E-state index is -4.76. The number of nitrogens with zero attached hydrogens (tertiary/aromatic N) is 2. The Morgan fingerprint density at radius 3 is 2.67 bits per heavy atom. The van der Waals surface area contributed by atoms with Crippen LogP contribution in [-0.4, -0.2) is 48.6 Å². The zero-order valence-electron chi connectivity index (χ0n) is 13.1. The number of likely N-dealkylation sites (N-methyl/N-ethyl adjacent to an activating group) is 1. The van der Waals surface area contributed by atoms with Gasteiger partial charge >= 0.3 is 12.2 Å². The topological polar surface area (TPSA) is 83.6 Å². The lowest BCUT2D eigenvalue weighted by Crippen LogP contribution is -2.46. The Labute approximate surface area is 136 Å². The van der Waals surface area contributed by atoms with Crippen molar-refractivity contribution in [2.24, 2.45) is 0 Å². The summed E-state index contributed by atoms with van der Waals surface area (Å²) in [5.74, 6) is -0.573. The molecular formula is C14H17F3N4O3. The van der Waals surface area contributed by atoms with Gasteiger partial charge in [-0.3, -0.25) is 4.79 Å². The molecule has 1 aromatic rings. The Balaban J connectivity index is 2.24. The van der Waals surface area contributed by atoms with Crippen LogP contribution in [0, 0.1) is 0 Å². The molecule has 2 rings (SSSR count). The van der Waals surface area contributed by atoms with Crippen molar-refractivity contribution >= 4 is 17.6 Å². The van der Waals surface area contributed by atoms with Crippen LogP contribution >= 0.6 is 0 Å². The summed E-state index contributed by atoms with van der Waals surface area (Å²) in [4.78, 5) is 28.6. The molecule has 0 bridgehead atoms. The molecule has 0 spiro atoms. The average Bonchev–Trinajstić information content (AvgIpc) is 3.03. The number of pyridine rings is 1. The Kier molecular flexibility index (Phi) is 5.15. The van der Waals surface area contributed by atoms with E-state index >= 15 is 0 Å². The molecule has 1 fully saturated rings. The average molecular weight is 346 g/mol. The van der Waals surface area contributed by atoms with Gasteiger partial charge in [0.25, 0.3) is 0 Å². The number of methoxy groups -OCH3 is 1. The molecule has 1 saturated heterocycles. The van der Waals surface area contributed by atoms with E-state index in [-0.39, 0.29) is 18.3 Å². The van der Waals surface area contributed by atoms with Crippen molar-refractivity contribution in [2.75, 3.05) is 26.0 Å². The summed E-state index contributed by atoms with van der Waals surface area (Å²) < 4.78 is 44.0. The van der Waals surface area contributed by atoms with Crippen LogP contribution in [-0.2, 0) is 11.0 Å². The van der Waals surface area contributed by atoms with Gasteiger partial charge in [-0.05, 0) is 18.9 Å². The van der Waals surface area contributed by atoms with E-state index in [1.807, 2.05) is 0 Å². The maximum Gasteiger partial charge on any atom is 0.435 e. The van der Waals surface area contributed by atoms with Crippen molar-refractivity contribution in [1.82, 2.24) is 15.2 Å². The van der Waals surface area contributed by atoms with Crippen molar-refractivity contribution in [1.29, 1.82) is 0 Å². The SMILES string of the molecule is CNC(=O)[C@H]1CCCN1C(=O)Nc1ccc(OC)nc1C(F)(F)F. The van der Waals surface area contributed by atoms with Gasteiger partial charge in [-0.1, -0.05) is 0 Å². The second-order valence-corrected chi connectivity index (χ2v) is 5.14. The smallest absolute Gasteiger partial charge is 0.435 e. The van der Waals surface area contributed by atoms with E-state index in [4.69, 9.17) is 0 Å². The number of nitrogens with one attached hydrogen (secondary N) is 2. The molecule has 3 amide bonds. The molecule has 0 radical (unpaired) electrons. The molecule has 1 aliphatic heterocycles. The molecule has 0 unspecified atom stereocenters. The number of anilines is 1. The second-order valence-electron chi connectivity index (χ2n) is 5.14. The van der Waals surface area contributed by atoms with Gasteiger partial charge in [0.15, 0.2) is 5.69 Å². The molecule has 0 aliphatic carbocycles. The van der Waals surface area contributed by atoms with Crippen LogP contribution in [0.1, 0.15) is 18.5 Å². The first-order chi connectivity index (χ1) is 11.3. The largest absolute Gasteiger partial charge is 0.481 e. The highest BCUT2D eigenvalue weighted by atomic mass is 19.4. The van der Waals surface area contributed by atoms with Crippen LogP contribution in [0.15, 0.2) is 12.1 Å². The molecule has 1 aliphatic rings. The fraction of sp³-hybridized carbons (Fsp3) is 0.500. The monoisotopic (exact) mass is 346 g/mol. The number of likely N-dealkylation sites (tertiary alicyclic amines) is 1. The highest BCUT2D eigenvalue weighted by Crippen LogP contribution is 2.35. The highest BCUT2D eigenvalue weighted by Gasteiger charge is 2.38. The molecule has 2 N–H and O–H groups in total. The minimum Gasteiger partial charge on any atom is -0.481 e. The summed E-state index contributed by atoms with van der Waals surface area (Å²) in [5, 5.41) is 4.63. The summed E-state index contributed by atoms with van der Waals surface area (Å²) in [7, 11) is 2.63. The first-order valence-electron chi connectivity index (χ1n) is 7.19. The predicted octanol–water partition coefficient (Wildman–Crippen LogP) is 1.85. The number of hydrogen-bond acceptors (Lipinski definition) is 4. The molecular weight excluding hydrogens is 329 g/mol. The van der Waals surface area contributed by atoms with Gasteiger partial charge in [0.2, 0.25) is 11.8 Å². The van der Waals surface area contributed by atoms with E-state index in [2.05, 4.69) is 20.4 Å². The number of hydrogen-bond donors (Lipinski definition) is 2. The Bertz CT molecular complexity index is 636. The zero-order valence-corrected chi connectivity index (χ0v) is 13.1. The van der Waals surface area contributed by atoms with Gasteiger partial charge in [-0.2, -0.15) is 13.2 Å². The molecule has 0 aromatic carbocycles. The van der Waals surface area contributed by atoms with E-state index < -0.39 is 29.6 Å². The number of urea groups is 1. The Morgan fingerprint density at radius 1 is 1.38 bits per heavy atom. The van der Waals surface area contributed by atoms with Gasteiger partial charge < -0.3 is 20.3 Å². The van der Waals surface area contributed by atoms with E-state index in [0.717, 1.165) is 6.07 Å². The lowest BCUT2D eigenvalue weighted by Gasteiger charge is -2.24. The van der Waals surface area contributed by atoms with Gasteiger partial charge in [-0.25, -0.2) is 9.78 Å². The minimum absolute atomic E-state index is 0.218. The summed E-state index contributed by atoms with van der Waals surface area (Å²) in [6.45, 7) is 0.287. The van der Waals surface area contributed by atoms with Gasteiger partial charge in [-0.15, -0.1) is 0 Å². The lowest BCUT2D eigenvalue weighted by atomic mass is 10.2. The molecule has 2 heterocycles. The fourth-order valence-electron chi connectivity index (χ4n) is 2.51.